The fourth-order valence-electron chi connectivity index (χ4n) is 2.47. The molecule has 0 aromatic rings. The van der Waals surface area contributed by atoms with Crippen molar-refractivity contribution in [3.8, 4) is 0 Å². The van der Waals surface area contributed by atoms with E-state index in [0.717, 1.165) is 13.0 Å². The van der Waals surface area contributed by atoms with Crippen molar-refractivity contribution in [3.63, 3.8) is 0 Å². The first-order valence-corrected chi connectivity index (χ1v) is 10.00. The van der Waals surface area contributed by atoms with Crippen LogP contribution in [0.5, 0.6) is 0 Å². The van der Waals surface area contributed by atoms with Crippen molar-refractivity contribution in [1.82, 2.24) is 0 Å². The summed E-state index contributed by atoms with van der Waals surface area (Å²) in [5.41, 5.74) is 0.0248. The molecule has 0 aromatic carbocycles. The van der Waals surface area contributed by atoms with Crippen LogP contribution in [0.4, 0.5) is 0 Å². The Morgan fingerprint density at radius 3 is 1.74 bits per heavy atom. The molecule has 0 amide bonds. The summed E-state index contributed by atoms with van der Waals surface area (Å²) in [6.07, 6.45) is 24.9. The smallest absolute Gasteiger partial charge is 0.0598 e. The average Bonchev–Trinajstić information content (AvgIpc) is 2.49. The fraction of sp³-hybridized carbons (Fsp3) is 0.818. The number of rotatable bonds is 15. The molecule has 0 aromatic heterocycles. The minimum Gasteiger partial charge on any atom is -0.376 e. The number of hydrogen-bond acceptors (Lipinski definition) is 1. The Morgan fingerprint density at radius 1 is 0.652 bits per heavy atom. The fourth-order valence-corrected chi connectivity index (χ4v) is 2.47. The van der Waals surface area contributed by atoms with Crippen molar-refractivity contribution in [1.29, 1.82) is 0 Å². The van der Waals surface area contributed by atoms with Gasteiger partial charge in [-0.15, -0.1) is 0 Å². The molecule has 0 spiro atoms. The Kier molecular flexibility index (Phi) is 15.9. The lowest BCUT2D eigenvalue weighted by atomic mass is 10.1. The third-order valence-corrected chi connectivity index (χ3v) is 3.88. The van der Waals surface area contributed by atoms with Gasteiger partial charge in [0.25, 0.3) is 0 Å². The summed E-state index contributed by atoms with van der Waals surface area (Å²) in [6.45, 7) is 9.56. The zero-order valence-electron chi connectivity index (χ0n) is 16.4. The van der Waals surface area contributed by atoms with Gasteiger partial charge >= 0.3 is 0 Å². The van der Waals surface area contributed by atoms with Gasteiger partial charge < -0.3 is 4.74 Å². The lowest BCUT2D eigenvalue weighted by Gasteiger charge is -2.19. The van der Waals surface area contributed by atoms with Crippen LogP contribution in [0.15, 0.2) is 24.3 Å². The number of ether oxygens (including phenoxy) is 1. The standard InChI is InChI=1S/C22H42O/c1-5-6-7-8-9-10-11-12-13-14-15-16-17-18-19-20-21-23-22(2,3)4/h9-10,12-13H,5-8,11,14-21H2,1-4H3/b10-9-,13-12-. The molecule has 1 nitrogen and oxygen atoms in total. The highest BCUT2D eigenvalue weighted by Gasteiger charge is 2.08. The normalized spacial score (nSPS) is 12.7. The van der Waals surface area contributed by atoms with E-state index < -0.39 is 0 Å². The molecule has 0 heterocycles. The quantitative estimate of drug-likeness (QED) is 0.222. The van der Waals surface area contributed by atoms with Crippen molar-refractivity contribution in [2.24, 2.45) is 0 Å². The molecule has 0 aliphatic carbocycles. The van der Waals surface area contributed by atoms with Crippen molar-refractivity contribution < 1.29 is 4.74 Å². The van der Waals surface area contributed by atoms with Gasteiger partial charge in [-0.2, -0.15) is 0 Å². The molecule has 0 saturated heterocycles. The molecule has 0 saturated carbocycles. The summed E-state index contributed by atoms with van der Waals surface area (Å²) in [5.74, 6) is 0. The molecule has 0 unspecified atom stereocenters. The van der Waals surface area contributed by atoms with Gasteiger partial charge in [-0.25, -0.2) is 0 Å². The highest BCUT2D eigenvalue weighted by atomic mass is 16.5. The van der Waals surface area contributed by atoms with E-state index in [4.69, 9.17) is 4.74 Å². The van der Waals surface area contributed by atoms with Gasteiger partial charge in [0, 0.05) is 6.61 Å². The Balaban J connectivity index is 3.19. The van der Waals surface area contributed by atoms with Crippen LogP contribution in [0.3, 0.4) is 0 Å². The molecule has 0 rings (SSSR count). The molecule has 0 atom stereocenters. The van der Waals surface area contributed by atoms with E-state index >= 15 is 0 Å². The molecule has 0 bridgehead atoms. The molecule has 0 fully saturated rings. The van der Waals surface area contributed by atoms with Gasteiger partial charge in [-0.05, 0) is 59.3 Å². The number of unbranched alkanes of at least 4 members (excludes halogenated alkanes) is 9. The van der Waals surface area contributed by atoms with Crippen LogP contribution in [-0.4, -0.2) is 12.2 Å². The zero-order valence-corrected chi connectivity index (χ0v) is 16.4. The second kappa shape index (κ2) is 16.3. The van der Waals surface area contributed by atoms with E-state index in [-0.39, 0.29) is 5.60 Å². The second-order valence-electron chi connectivity index (χ2n) is 7.55. The predicted octanol–water partition coefficient (Wildman–Crippen LogP) is 7.62. The van der Waals surface area contributed by atoms with Crippen molar-refractivity contribution in [2.75, 3.05) is 6.61 Å². The third-order valence-electron chi connectivity index (χ3n) is 3.88. The summed E-state index contributed by atoms with van der Waals surface area (Å²) < 4.78 is 5.73. The van der Waals surface area contributed by atoms with Crippen LogP contribution in [0.25, 0.3) is 0 Å². The Bertz CT molecular complexity index is 283. The largest absolute Gasteiger partial charge is 0.376 e. The maximum Gasteiger partial charge on any atom is 0.0598 e. The van der Waals surface area contributed by atoms with Gasteiger partial charge in [-0.3, -0.25) is 0 Å². The van der Waals surface area contributed by atoms with Crippen LogP contribution in [0, 0.1) is 0 Å². The SMILES string of the molecule is CCCCC/C=C\C/C=C\CCCCCCCCOC(C)(C)C. The van der Waals surface area contributed by atoms with Crippen molar-refractivity contribution in [3.05, 3.63) is 24.3 Å². The van der Waals surface area contributed by atoms with E-state index in [2.05, 4.69) is 52.0 Å². The summed E-state index contributed by atoms with van der Waals surface area (Å²) >= 11 is 0. The monoisotopic (exact) mass is 322 g/mol. The average molecular weight is 323 g/mol. The van der Waals surface area contributed by atoms with Gasteiger partial charge in [0.05, 0.1) is 5.60 Å². The Labute approximate surface area is 146 Å². The van der Waals surface area contributed by atoms with Crippen molar-refractivity contribution >= 4 is 0 Å². The summed E-state index contributed by atoms with van der Waals surface area (Å²) in [5, 5.41) is 0. The number of hydrogen-bond donors (Lipinski definition) is 0. The third kappa shape index (κ3) is 21.4. The summed E-state index contributed by atoms with van der Waals surface area (Å²) in [7, 11) is 0. The van der Waals surface area contributed by atoms with Gasteiger partial charge in [-0.1, -0.05) is 69.8 Å². The lowest BCUT2D eigenvalue weighted by Crippen LogP contribution is -2.19. The zero-order chi connectivity index (χ0) is 17.2. The molecule has 1 heteroatoms. The van der Waals surface area contributed by atoms with E-state index in [1.807, 2.05) is 0 Å². The first kappa shape index (κ1) is 22.4. The lowest BCUT2D eigenvalue weighted by molar-refractivity contribution is -0.00474. The predicted molar refractivity (Wildman–Crippen MR) is 105 cm³/mol. The Morgan fingerprint density at radius 2 is 1.17 bits per heavy atom. The maximum atomic E-state index is 5.73. The van der Waals surface area contributed by atoms with E-state index in [9.17, 15) is 0 Å². The second-order valence-corrected chi connectivity index (χ2v) is 7.55. The van der Waals surface area contributed by atoms with Gasteiger partial charge in [0.15, 0.2) is 0 Å². The molecular weight excluding hydrogens is 280 g/mol. The van der Waals surface area contributed by atoms with Gasteiger partial charge in [0.1, 0.15) is 0 Å². The summed E-state index contributed by atoms with van der Waals surface area (Å²) in [4.78, 5) is 0. The molecule has 0 aliphatic heterocycles. The highest BCUT2D eigenvalue weighted by Crippen LogP contribution is 2.11. The molecule has 0 aliphatic rings. The summed E-state index contributed by atoms with van der Waals surface area (Å²) in [6, 6.07) is 0. The topological polar surface area (TPSA) is 9.23 Å². The number of allylic oxidation sites excluding steroid dienone is 4. The first-order valence-electron chi connectivity index (χ1n) is 10.00. The van der Waals surface area contributed by atoms with Gasteiger partial charge in [0.2, 0.25) is 0 Å². The minimum atomic E-state index is 0.0248. The highest BCUT2D eigenvalue weighted by molar-refractivity contribution is 4.92. The van der Waals surface area contributed by atoms with Crippen molar-refractivity contribution in [2.45, 2.75) is 110 Å². The van der Waals surface area contributed by atoms with E-state index in [0.29, 0.717) is 0 Å². The first-order chi connectivity index (χ1) is 11.1. The van der Waals surface area contributed by atoms with E-state index in [1.165, 1.54) is 70.6 Å². The maximum absolute atomic E-state index is 5.73. The molecule has 0 N–H and O–H groups in total. The molecule has 136 valence electrons. The van der Waals surface area contributed by atoms with Crippen LogP contribution >= 0.6 is 0 Å². The van der Waals surface area contributed by atoms with Crippen LogP contribution in [0.1, 0.15) is 105 Å². The van der Waals surface area contributed by atoms with Crippen LogP contribution < -0.4 is 0 Å². The molecule has 23 heavy (non-hydrogen) atoms. The van der Waals surface area contributed by atoms with Crippen LogP contribution in [-0.2, 0) is 4.74 Å². The van der Waals surface area contributed by atoms with E-state index in [1.54, 1.807) is 0 Å². The molecule has 0 radical (unpaired) electrons. The van der Waals surface area contributed by atoms with Crippen LogP contribution in [0.2, 0.25) is 0 Å². The Hall–Kier alpha value is -0.560. The molecular formula is C22H42O. The minimum absolute atomic E-state index is 0.0248.